The van der Waals surface area contributed by atoms with Gasteiger partial charge in [-0.2, -0.15) is 0 Å². The van der Waals surface area contributed by atoms with Crippen LogP contribution >= 0.6 is 54.2 Å². The number of aldehydes is 1. The van der Waals surface area contributed by atoms with Crippen LogP contribution in [0.1, 0.15) is 171 Å². The number of ether oxygens (including phenoxy) is 7. The zero-order valence-corrected chi connectivity index (χ0v) is 64.2. The van der Waals surface area contributed by atoms with Gasteiger partial charge in [-0.05, 0) is 264 Å². The summed E-state index contributed by atoms with van der Waals surface area (Å²) < 4.78 is 36.6. The molecule has 0 bridgehead atoms. The maximum atomic E-state index is 12.5. The Bertz CT molecular complexity index is 3680. The van der Waals surface area contributed by atoms with Crippen LogP contribution in [0.15, 0.2) is 146 Å². The van der Waals surface area contributed by atoms with E-state index in [1.54, 1.807) is 40.1 Å². The summed E-state index contributed by atoms with van der Waals surface area (Å²) in [5.74, 6) is 4.29. The number of hydrogen-bond acceptors (Lipinski definition) is 13. The number of methoxy groups -OCH3 is 3. The molecule has 4 aliphatic carbocycles. The number of rotatable bonds is 20. The molecule has 0 aromatic heterocycles. The second-order valence-corrected chi connectivity index (χ2v) is 33.4. The summed E-state index contributed by atoms with van der Waals surface area (Å²) in [5, 5.41) is 13.3. The fourth-order valence-electron chi connectivity index (χ4n) is 13.2. The lowest BCUT2D eigenvalue weighted by Crippen LogP contribution is -2.29. The van der Waals surface area contributed by atoms with Gasteiger partial charge in [0.05, 0.1) is 47.8 Å². The van der Waals surface area contributed by atoms with Crippen molar-refractivity contribution in [2.45, 2.75) is 164 Å². The van der Waals surface area contributed by atoms with Gasteiger partial charge in [0.25, 0.3) is 0 Å². The molecule has 100 heavy (non-hydrogen) atoms. The monoisotopic (exact) mass is 1570 g/mol. The van der Waals surface area contributed by atoms with Crippen molar-refractivity contribution < 1.29 is 62.2 Å². The zero-order chi connectivity index (χ0) is 71.4. The average molecular weight is 1580 g/mol. The molecule has 0 heterocycles. The molecule has 18 heteroatoms. The van der Waals surface area contributed by atoms with Gasteiger partial charge in [-0.1, -0.05) is 117 Å². The lowest BCUT2D eigenvalue weighted by Gasteiger charge is -2.28. The Labute approximate surface area is 619 Å². The van der Waals surface area contributed by atoms with Crippen LogP contribution in [0.4, 0.5) is 0 Å². The van der Waals surface area contributed by atoms with Gasteiger partial charge < -0.3 is 38.3 Å². The van der Waals surface area contributed by atoms with Crippen LogP contribution in [-0.4, -0.2) is 92.0 Å². The number of aryl methyl sites for hydroxylation is 2. The Balaban J connectivity index is 0.000000224. The summed E-state index contributed by atoms with van der Waals surface area (Å²) in [5.41, 5.74) is 14.5. The van der Waals surface area contributed by atoms with Gasteiger partial charge in [-0.25, -0.2) is 9.59 Å². The van der Waals surface area contributed by atoms with Crippen molar-refractivity contribution in [1.29, 1.82) is 0 Å². The molecule has 13 nitrogen and oxygen atoms in total. The molecule has 0 saturated carbocycles. The third-order valence-electron chi connectivity index (χ3n) is 17.6. The summed E-state index contributed by atoms with van der Waals surface area (Å²) in [6.07, 6.45) is 24.5. The molecule has 0 atom stereocenters. The highest BCUT2D eigenvalue weighted by Crippen LogP contribution is 2.44. The fraction of sp³-hybridized carbons (Fsp3) is 0.390. The van der Waals surface area contributed by atoms with E-state index in [2.05, 4.69) is 89.7 Å². The maximum Gasteiger partial charge on any atom is 0.369 e. The van der Waals surface area contributed by atoms with Crippen molar-refractivity contribution >= 4 is 115 Å². The summed E-state index contributed by atoms with van der Waals surface area (Å²) in [6, 6.07) is 46.3. The third-order valence-corrected chi connectivity index (χ3v) is 21.5. The summed E-state index contributed by atoms with van der Waals surface area (Å²) in [4.78, 5) is 57.6. The molecule has 4 aliphatic rings. The Morgan fingerprint density at radius 3 is 1.16 bits per heavy atom. The van der Waals surface area contributed by atoms with Gasteiger partial charge in [0.1, 0.15) is 29.3 Å². The number of carbonyl (C=O) groups excluding carboxylic acids is 5. The molecular formula is C82H101BBr3O13P. The van der Waals surface area contributed by atoms with Crippen LogP contribution in [0.2, 0.25) is 0 Å². The predicted octanol–water partition coefficient (Wildman–Crippen LogP) is 17.5. The lowest BCUT2D eigenvalue weighted by atomic mass is 9.86. The molecule has 0 spiro atoms. The SMILES string of the molecule is BrB(Br)Br.C.CCOC(=O)/C=C/c1ccc(OC)c2c1CCCC2.CCOC(=O)C=P(c1ccccc1)(c1ccccc1)c1ccccc1.CCOC(=O)CCc1ccc(O)c2c1CCCC2.CCOC(=O)CCc1ccc(OC)c2c1CCCC2.COc1ccc(C=O)c2c1CCCC2. The second-order valence-electron chi connectivity index (χ2n) is 23.7. The Kier molecular flexibility index (Phi) is 38.1. The zero-order valence-electron chi connectivity index (χ0n) is 58.6. The van der Waals surface area contributed by atoms with Gasteiger partial charge in [-0.15, -0.1) is 47.3 Å². The van der Waals surface area contributed by atoms with E-state index in [1.165, 1.54) is 101 Å². The minimum absolute atomic E-state index is 0. The number of hydrogen-bond donors (Lipinski definition) is 1. The largest absolute Gasteiger partial charge is 0.508 e. The fourth-order valence-corrected chi connectivity index (χ4v) is 16.8. The molecule has 0 fully saturated rings. The van der Waals surface area contributed by atoms with E-state index >= 15 is 0 Å². The number of carbonyl (C=O) groups is 5. The number of benzene rings is 7. The topological polar surface area (TPSA) is 170 Å². The molecule has 0 unspecified atom stereocenters. The van der Waals surface area contributed by atoms with E-state index in [-0.39, 0.29) is 34.5 Å². The van der Waals surface area contributed by atoms with Gasteiger partial charge >= 0.3 is 27.1 Å². The Morgan fingerprint density at radius 1 is 0.430 bits per heavy atom. The van der Waals surface area contributed by atoms with Crippen molar-refractivity contribution in [2.24, 2.45) is 0 Å². The number of aromatic hydroxyl groups is 1. The van der Waals surface area contributed by atoms with Gasteiger partial charge in [0.2, 0.25) is 0 Å². The smallest absolute Gasteiger partial charge is 0.369 e. The minimum atomic E-state index is -2.24. The quantitative estimate of drug-likeness (QED) is 0.0191. The third kappa shape index (κ3) is 25.1. The van der Waals surface area contributed by atoms with Crippen LogP contribution in [0, 0.1) is 0 Å². The van der Waals surface area contributed by atoms with Crippen LogP contribution in [-0.2, 0) is 102 Å². The highest BCUT2D eigenvalue weighted by atomic mass is 79.9. The Hall–Kier alpha value is -7.17. The van der Waals surface area contributed by atoms with Crippen molar-refractivity contribution in [3.05, 3.63) is 212 Å². The van der Waals surface area contributed by atoms with Crippen LogP contribution < -0.4 is 30.1 Å². The molecule has 0 amide bonds. The summed E-state index contributed by atoms with van der Waals surface area (Å²) >= 11 is 9.31. The molecule has 11 rings (SSSR count). The normalized spacial score (nSPS) is 12.9. The summed E-state index contributed by atoms with van der Waals surface area (Å²) in [7, 11) is 5.12. The Morgan fingerprint density at radius 2 is 0.760 bits per heavy atom. The lowest BCUT2D eigenvalue weighted by molar-refractivity contribution is -0.144. The van der Waals surface area contributed by atoms with Crippen molar-refractivity contribution in [3.8, 4) is 23.0 Å². The first kappa shape index (κ1) is 83.5. The average Bonchev–Trinajstić information content (AvgIpc) is 0.768. The molecular weight excluding hydrogens is 1470 g/mol. The van der Waals surface area contributed by atoms with Crippen molar-refractivity contribution in [3.63, 3.8) is 0 Å². The second kappa shape index (κ2) is 45.7. The summed E-state index contributed by atoms with van der Waals surface area (Å²) in [6.45, 7) is 6.73. The molecule has 7 aromatic carbocycles. The van der Waals surface area contributed by atoms with E-state index in [1.807, 2.05) is 118 Å². The molecule has 1 N–H and O–H groups in total. The first-order valence-corrected chi connectivity index (χ1v) is 39.2. The van der Waals surface area contributed by atoms with Crippen LogP contribution in [0.5, 0.6) is 23.0 Å². The first-order chi connectivity index (χ1) is 48.1. The van der Waals surface area contributed by atoms with E-state index < -0.39 is 6.89 Å². The molecule has 0 saturated heterocycles. The van der Waals surface area contributed by atoms with Crippen LogP contribution in [0.25, 0.3) is 6.08 Å². The number of halogens is 3. The van der Waals surface area contributed by atoms with E-state index in [9.17, 15) is 29.1 Å². The van der Waals surface area contributed by atoms with E-state index in [0.29, 0.717) is 51.4 Å². The van der Waals surface area contributed by atoms with Gasteiger partial charge in [-0.3, -0.25) is 14.4 Å². The number of esters is 4. The van der Waals surface area contributed by atoms with Crippen molar-refractivity contribution in [1.82, 2.24) is 0 Å². The molecule has 536 valence electrons. The highest BCUT2D eigenvalue weighted by Gasteiger charge is 2.27. The predicted molar refractivity (Wildman–Crippen MR) is 422 cm³/mol. The van der Waals surface area contributed by atoms with Gasteiger partial charge in [0.15, 0.2) is 0 Å². The molecule has 7 aromatic rings. The standard InChI is InChI=1S/C22H21O2P.C16H22O3.C16H20O3.C15H20O3.C12H14O2.CH4.BBr3/c1-2-24-22(23)18-25(19-12-6-3-7-13-19,20-14-8-4-9-15-20)21-16-10-5-11-17-21;2*1-3-19-16(17)11-9-12-8-10-15(18-2)14-7-5-4-6-13(12)14;1-2-18-15(17)10-8-11-7-9-14(16)13-6-4-3-5-12(11)13;1-14-12-7-6-9(8-13)10-4-2-3-5-11(10)12;;2-1(3)4/h3-18H,2H2,1H3;8,10H,3-7,9,11H2,1-2H3;8-11H,3-7H2,1-2H3;7,9,16H,2-6,8,10H2,1H3;6-8H,2-5H2,1H3;1H4;/b;;11-9+;;;;. The van der Waals surface area contributed by atoms with Crippen molar-refractivity contribution in [2.75, 3.05) is 47.8 Å². The first-order valence-electron chi connectivity index (χ1n) is 34.6. The van der Waals surface area contributed by atoms with E-state index in [4.69, 9.17) is 33.2 Å². The maximum absolute atomic E-state index is 12.5. The molecule has 0 radical (unpaired) electrons. The van der Waals surface area contributed by atoms with Crippen LogP contribution in [0.3, 0.4) is 0 Å². The highest BCUT2D eigenvalue weighted by molar-refractivity contribution is 9.69. The minimum Gasteiger partial charge on any atom is -0.508 e. The van der Waals surface area contributed by atoms with Gasteiger partial charge in [0, 0.05) is 30.3 Å². The molecule has 0 aliphatic heterocycles. The number of fused-ring (bicyclic) bond motifs is 4. The van der Waals surface area contributed by atoms with E-state index in [0.717, 1.165) is 120 Å². The number of phenolic OH excluding ortho intramolecular Hbond substituents is 1. The number of phenols is 1.